The molecule has 0 saturated carbocycles. The highest BCUT2D eigenvalue weighted by molar-refractivity contribution is 8.02. The number of nitrogens with zero attached hydrogens (tertiary/aromatic N) is 1. The first kappa shape index (κ1) is 22.4. The van der Waals surface area contributed by atoms with E-state index in [2.05, 4.69) is 5.32 Å². The first-order chi connectivity index (χ1) is 14.8. The van der Waals surface area contributed by atoms with Crippen molar-refractivity contribution >= 4 is 46.8 Å². The summed E-state index contributed by atoms with van der Waals surface area (Å²) in [6, 6.07) is 6.08. The van der Waals surface area contributed by atoms with Gasteiger partial charge in [-0.1, -0.05) is 11.6 Å². The second-order valence-corrected chi connectivity index (χ2v) is 10.9. The van der Waals surface area contributed by atoms with Gasteiger partial charge in [-0.05, 0) is 57.4 Å². The Morgan fingerprint density at radius 1 is 1.32 bits per heavy atom. The topological polar surface area (TPSA) is 95.9 Å². The van der Waals surface area contributed by atoms with E-state index in [1.807, 2.05) is 6.92 Å². The predicted octanol–water partition coefficient (Wildman–Crippen LogP) is 2.71. The number of hydrogen-bond donors (Lipinski definition) is 2. The van der Waals surface area contributed by atoms with Crippen molar-refractivity contribution in [3.63, 3.8) is 0 Å². The van der Waals surface area contributed by atoms with Crippen LogP contribution in [0, 0.1) is 11.8 Å². The van der Waals surface area contributed by atoms with Crippen molar-refractivity contribution in [2.45, 2.75) is 48.6 Å². The number of amides is 2. The molecule has 1 aromatic carbocycles. The van der Waals surface area contributed by atoms with Crippen molar-refractivity contribution in [1.82, 2.24) is 4.90 Å². The number of benzene rings is 1. The van der Waals surface area contributed by atoms with Gasteiger partial charge in [0.05, 0.1) is 23.2 Å². The molecule has 2 unspecified atom stereocenters. The molecule has 3 heterocycles. The van der Waals surface area contributed by atoms with E-state index in [9.17, 15) is 19.5 Å². The Labute approximate surface area is 190 Å². The number of ether oxygens (including phenoxy) is 1. The molecule has 3 aliphatic rings. The lowest BCUT2D eigenvalue weighted by Gasteiger charge is -2.34. The molecular weight excluding hydrogens is 440 g/mol. The summed E-state index contributed by atoms with van der Waals surface area (Å²) in [6.07, 6.45) is 1.78. The summed E-state index contributed by atoms with van der Waals surface area (Å²) in [6.45, 7) is 4.19. The Morgan fingerprint density at radius 2 is 2.03 bits per heavy atom. The van der Waals surface area contributed by atoms with E-state index in [1.165, 1.54) is 0 Å². The third-order valence-electron chi connectivity index (χ3n) is 6.73. The van der Waals surface area contributed by atoms with Crippen molar-refractivity contribution in [2.75, 3.05) is 25.1 Å². The highest BCUT2D eigenvalue weighted by Gasteiger charge is 2.77. The lowest BCUT2D eigenvalue weighted by Crippen LogP contribution is -2.51. The number of thioether (sulfide) groups is 1. The summed E-state index contributed by atoms with van der Waals surface area (Å²) in [5, 5.41) is 12.8. The largest absolute Gasteiger partial charge is 0.466 e. The predicted molar refractivity (Wildman–Crippen MR) is 119 cm³/mol. The number of likely N-dealkylation sites (tertiary alicyclic amines) is 1. The van der Waals surface area contributed by atoms with Gasteiger partial charge < -0.3 is 20.1 Å². The van der Waals surface area contributed by atoms with Crippen LogP contribution < -0.4 is 5.32 Å². The van der Waals surface area contributed by atoms with Crippen molar-refractivity contribution in [2.24, 2.45) is 11.8 Å². The van der Waals surface area contributed by atoms with Crippen molar-refractivity contribution in [3.8, 4) is 0 Å². The highest BCUT2D eigenvalue weighted by Crippen LogP contribution is 2.71. The SMILES string of the molecule is CCOC(=O)[C@H]1[C@H]2C(=O)N(CCCO)C(C(=O)Nc3ccc(Cl)cc3)C23CC[C@]1(C)S3. The van der Waals surface area contributed by atoms with Crippen molar-refractivity contribution in [3.05, 3.63) is 29.3 Å². The Hall–Kier alpha value is -1.77. The summed E-state index contributed by atoms with van der Waals surface area (Å²) >= 11 is 7.55. The summed E-state index contributed by atoms with van der Waals surface area (Å²) in [4.78, 5) is 41.5. The van der Waals surface area contributed by atoms with Crippen LogP contribution in [0.3, 0.4) is 0 Å². The van der Waals surface area contributed by atoms with Gasteiger partial charge in [0.2, 0.25) is 11.8 Å². The third-order valence-corrected chi connectivity index (χ3v) is 8.97. The zero-order valence-electron chi connectivity index (χ0n) is 17.6. The van der Waals surface area contributed by atoms with Gasteiger partial charge in [-0.3, -0.25) is 14.4 Å². The van der Waals surface area contributed by atoms with Gasteiger partial charge in [0.15, 0.2) is 0 Å². The Balaban J connectivity index is 1.70. The van der Waals surface area contributed by atoms with Crippen LogP contribution in [0.2, 0.25) is 5.02 Å². The van der Waals surface area contributed by atoms with Crippen molar-refractivity contribution in [1.29, 1.82) is 0 Å². The lowest BCUT2D eigenvalue weighted by atomic mass is 9.66. The molecule has 9 heteroatoms. The molecule has 4 rings (SSSR count). The number of rotatable bonds is 7. The van der Waals surface area contributed by atoms with Crippen LogP contribution in [0.5, 0.6) is 0 Å². The summed E-state index contributed by atoms with van der Waals surface area (Å²) in [5.41, 5.74) is 0.592. The molecule has 31 heavy (non-hydrogen) atoms. The molecule has 2 amide bonds. The lowest BCUT2D eigenvalue weighted by molar-refractivity contribution is -0.155. The maximum atomic E-state index is 13.6. The highest BCUT2D eigenvalue weighted by atomic mass is 35.5. The van der Waals surface area contributed by atoms with Crippen LogP contribution in [-0.2, 0) is 19.1 Å². The number of fused-ring (bicyclic) bond motifs is 1. The van der Waals surface area contributed by atoms with E-state index in [0.29, 0.717) is 23.6 Å². The average molecular weight is 467 g/mol. The number of nitrogens with one attached hydrogen (secondary N) is 1. The maximum Gasteiger partial charge on any atom is 0.311 e. The van der Waals surface area contributed by atoms with Gasteiger partial charge >= 0.3 is 5.97 Å². The Bertz CT molecular complexity index is 896. The van der Waals surface area contributed by atoms with E-state index in [4.69, 9.17) is 16.3 Å². The van der Waals surface area contributed by atoms with Crippen LogP contribution in [0.1, 0.15) is 33.1 Å². The molecule has 0 aliphatic carbocycles. The van der Waals surface area contributed by atoms with Gasteiger partial charge in [0, 0.05) is 28.6 Å². The number of anilines is 1. The quantitative estimate of drug-likeness (QED) is 0.600. The number of aliphatic hydroxyl groups excluding tert-OH is 1. The molecule has 3 saturated heterocycles. The molecule has 1 spiro atoms. The first-order valence-corrected chi connectivity index (χ1v) is 11.8. The molecule has 3 fully saturated rings. The minimum absolute atomic E-state index is 0.0842. The van der Waals surface area contributed by atoms with Gasteiger partial charge in [-0.2, -0.15) is 0 Å². The van der Waals surface area contributed by atoms with Crippen LogP contribution in [0.4, 0.5) is 5.69 Å². The molecule has 2 bridgehead atoms. The molecule has 5 atom stereocenters. The number of hydrogen-bond acceptors (Lipinski definition) is 6. The summed E-state index contributed by atoms with van der Waals surface area (Å²) < 4.78 is 4.22. The standard InChI is InChI=1S/C22H27ClN2O5S/c1-3-30-20(29)16-15-19(28)25(11-4-12-26)17(22(15)10-9-21(16,2)31-22)18(27)24-14-7-5-13(23)6-8-14/h5-8,15-17,26H,3-4,9-12H2,1-2H3,(H,24,27)/t15-,16+,17?,21-,22?/m0/s1. The fourth-order valence-corrected chi connectivity index (χ4v) is 8.01. The van der Waals surface area contributed by atoms with Gasteiger partial charge in [-0.25, -0.2) is 0 Å². The normalized spacial score (nSPS) is 33.5. The summed E-state index contributed by atoms with van der Waals surface area (Å²) in [7, 11) is 0. The van der Waals surface area contributed by atoms with Gasteiger partial charge in [-0.15, -0.1) is 11.8 Å². The monoisotopic (exact) mass is 466 g/mol. The molecule has 2 N–H and O–H groups in total. The number of carbonyl (C=O) groups is 3. The third kappa shape index (κ3) is 3.52. The maximum absolute atomic E-state index is 13.6. The fourth-order valence-electron chi connectivity index (χ4n) is 5.54. The van der Waals surface area contributed by atoms with E-state index in [0.717, 1.165) is 6.42 Å². The van der Waals surface area contributed by atoms with E-state index in [1.54, 1.807) is 47.9 Å². The minimum atomic E-state index is -0.724. The molecule has 7 nitrogen and oxygen atoms in total. The van der Waals surface area contributed by atoms with E-state index in [-0.39, 0.29) is 37.5 Å². The number of carbonyl (C=O) groups excluding carboxylic acids is 3. The van der Waals surface area contributed by atoms with Crippen molar-refractivity contribution < 1.29 is 24.2 Å². The van der Waals surface area contributed by atoms with Gasteiger partial charge in [0.25, 0.3) is 0 Å². The van der Waals surface area contributed by atoms with Gasteiger partial charge in [0.1, 0.15) is 6.04 Å². The molecule has 1 aromatic rings. The van der Waals surface area contributed by atoms with Crippen LogP contribution in [0.25, 0.3) is 0 Å². The van der Waals surface area contributed by atoms with E-state index < -0.39 is 27.4 Å². The second kappa shape index (κ2) is 8.30. The van der Waals surface area contributed by atoms with E-state index >= 15 is 0 Å². The fraction of sp³-hybridized carbons (Fsp3) is 0.591. The average Bonchev–Trinajstić information content (AvgIpc) is 3.29. The number of esters is 1. The molecule has 168 valence electrons. The summed E-state index contributed by atoms with van der Waals surface area (Å²) in [5.74, 6) is -2.02. The molecular formula is C22H27ClN2O5S. The Kier molecular flexibility index (Phi) is 6.00. The molecule has 0 aromatic heterocycles. The number of aliphatic hydroxyl groups is 1. The smallest absolute Gasteiger partial charge is 0.311 e. The molecule has 3 aliphatic heterocycles. The number of halogens is 1. The van der Waals surface area contributed by atoms with Crippen LogP contribution in [0.15, 0.2) is 24.3 Å². The Morgan fingerprint density at radius 3 is 2.68 bits per heavy atom. The minimum Gasteiger partial charge on any atom is -0.466 e. The zero-order chi connectivity index (χ0) is 22.4. The first-order valence-electron chi connectivity index (χ1n) is 10.6. The second-order valence-electron chi connectivity index (χ2n) is 8.58. The van der Waals surface area contributed by atoms with Crippen LogP contribution in [-0.4, -0.2) is 63.1 Å². The molecule has 0 radical (unpaired) electrons. The van der Waals surface area contributed by atoms with Crippen LogP contribution >= 0.6 is 23.4 Å². The zero-order valence-corrected chi connectivity index (χ0v) is 19.2.